The molecule has 17 heavy (non-hydrogen) atoms. The molecule has 0 amide bonds. The van der Waals surface area contributed by atoms with E-state index >= 15 is 0 Å². The van der Waals surface area contributed by atoms with Gasteiger partial charge in [0.15, 0.2) is 0 Å². The lowest BCUT2D eigenvalue weighted by Crippen LogP contribution is -2.17. The molecule has 0 radical (unpaired) electrons. The van der Waals surface area contributed by atoms with E-state index in [-0.39, 0.29) is 11.9 Å². The van der Waals surface area contributed by atoms with E-state index in [1.807, 2.05) is 13.8 Å². The summed E-state index contributed by atoms with van der Waals surface area (Å²) in [6, 6.07) is 6.70. The minimum absolute atomic E-state index is 0.0609. The molecule has 0 spiro atoms. The Morgan fingerprint density at radius 2 is 2.18 bits per heavy atom. The van der Waals surface area contributed by atoms with E-state index in [1.54, 1.807) is 24.3 Å². The van der Waals surface area contributed by atoms with Gasteiger partial charge < -0.3 is 4.42 Å². The maximum atomic E-state index is 11.5. The minimum atomic E-state index is -0.494. The summed E-state index contributed by atoms with van der Waals surface area (Å²) in [6.45, 7) is 3.69. The first kappa shape index (κ1) is 11.3. The van der Waals surface area contributed by atoms with Crippen LogP contribution in [-0.2, 0) is 0 Å². The maximum Gasteiger partial charge on any atom is 0.437 e. The molecule has 0 N–H and O–H groups in total. The van der Waals surface area contributed by atoms with Gasteiger partial charge in [-0.3, -0.25) is 4.79 Å². The van der Waals surface area contributed by atoms with Crippen LogP contribution >= 0.6 is 0 Å². The Balaban J connectivity index is 2.49. The van der Waals surface area contributed by atoms with Gasteiger partial charge in [-0.15, -0.1) is 5.10 Å². The molecule has 5 heteroatoms. The Morgan fingerprint density at radius 3 is 2.76 bits per heavy atom. The Kier molecular flexibility index (Phi) is 2.91. The largest absolute Gasteiger partial charge is 0.437 e. The third kappa shape index (κ3) is 2.18. The van der Waals surface area contributed by atoms with Crippen molar-refractivity contribution in [2.45, 2.75) is 19.9 Å². The molecule has 2 aromatic rings. The minimum Gasteiger partial charge on any atom is -0.388 e. The number of rotatable bonds is 3. The molecule has 0 saturated carbocycles. The topological polar surface area (TPSA) is 65.1 Å². The summed E-state index contributed by atoms with van der Waals surface area (Å²) in [5, 5.41) is 4.08. The van der Waals surface area contributed by atoms with Crippen molar-refractivity contribution in [1.29, 1.82) is 0 Å². The van der Waals surface area contributed by atoms with Crippen molar-refractivity contribution in [3.8, 4) is 11.5 Å². The second-order valence-corrected chi connectivity index (χ2v) is 3.95. The molecule has 1 aromatic carbocycles. The van der Waals surface area contributed by atoms with Gasteiger partial charge in [0, 0.05) is 11.1 Å². The van der Waals surface area contributed by atoms with Gasteiger partial charge in [0.2, 0.25) is 5.89 Å². The summed E-state index contributed by atoms with van der Waals surface area (Å²) in [5.41, 5.74) is 1.13. The van der Waals surface area contributed by atoms with Crippen LogP contribution in [0.4, 0.5) is 0 Å². The van der Waals surface area contributed by atoms with Gasteiger partial charge in [-0.1, -0.05) is 12.1 Å². The number of hydrogen-bond donors (Lipinski definition) is 0. The summed E-state index contributed by atoms with van der Waals surface area (Å²) in [6.07, 6.45) is 0.737. The number of carbonyl (C=O) groups excluding carboxylic acids is 1. The fraction of sp³-hybridized carbons (Fsp3) is 0.250. The van der Waals surface area contributed by atoms with Crippen LogP contribution in [0.2, 0.25) is 0 Å². The highest BCUT2D eigenvalue weighted by Gasteiger charge is 2.12. The van der Waals surface area contributed by atoms with Crippen LogP contribution in [0, 0.1) is 0 Å². The first-order valence-electron chi connectivity index (χ1n) is 5.27. The molecule has 88 valence electrons. The van der Waals surface area contributed by atoms with E-state index in [1.165, 1.54) is 4.68 Å². The molecule has 0 aliphatic heterocycles. The first-order chi connectivity index (χ1) is 8.11. The van der Waals surface area contributed by atoms with Crippen LogP contribution < -0.4 is 5.76 Å². The van der Waals surface area contributed by atoms with E-state index in [2.05, 4.69) is 5.10 Å². The Labute approximate surface area is 97.7 Å². The van der Waals surface area contributed by atoms with Gasteiger partial charge in [0.05, 0.1) is 6.04 Å². The molecule has 1 heterocycles. The molecule has 0 aliphatic rings. The average molecular weight is 232 g/mol. The summed E-state index contributed by atoms with van der Waals surface area (Å²) >= 11 is 0. The highest BCUT2D eigenvalue weighted by atomic mass is 16.4. The van der Waals surface area contributed by atoms with Gasteiger partial charge >= 0.3 is 5.76 Å². The van der Waals surface area contributed by atoms with Gasteiger partial charge in [0.1, 0.15) is 6.29 Å². The molecule has 0 saturated heterocycles. The standard InChI is InChI=1S/C12H12N2O3/c1-8(2)14-12(16)17-11(13-14)10-5-3-4-9(6-10)7-15/h3-8H,1-2H3. The number of carbonyl (C=O) groups is 1. The maximum absolute atomic E-state index is 11.5. The number of aromatic nitrogens is 2. The molecule has 0 atom stereocenters. The van der Waals surface area contributed by atoms with Crippen molar-refractivity contribution in [2.24, 2.45) is 0 Å². The fourth-order valence-corrected chi connectivity index (χ4v) is 1.48. The molecule has 2 rings (SSSR count). The highest BCUT2D eigenvalue weighted by Crippen LogP contribution is 2.17. The molecular weight excluding hydrogens is 220 g/mol. The van der Waals surface area contributed by atoms with Gasteiger partial charge in [-0.25, -0.2) is 4.79 Å². The smallest absolute Gasteiger partial charge is 0.388 e. The van der Waals surface area contributed by atoms with E-state index in [4.69, 9.17) is 4.42 Å². The van der Waals surface area contributed by atoms with Crippen LogP contribution in [0.3, 0.4) is 0 Å². The van der Waals surface area contributed by atoms with Crippen molar-refractivity contribution in [2.75, 3.05) is 0 Å². The average Bonchev–Trinajstić information content (AvgIpc) is 2.71. The van der Waals surface area contributed by atoms with E-state index < -0.39 is 5.76 Å². The molecule has 0 aliphatic carbocycles. The molecule has 5 nitrogen and oxygen atoms in total. The predicted octanol–water partition coefficient (Wildman–Crippen LogP) is 1.90. The number of hydrogen-bond acceptors (Lipinski definition) is 4. The van der Waals surface area contributed by atoms with Crippen LogP contribution in [0.5, 0.6) is 0 Å². The second-order valence-electron chi connectivity index (χ2n) is 3.95. The van der Waals surface area contributed by atoms with Crippen molar-refractivity contribution < 1.29 is 9.21 Å². The molecule has 1 aromatic heterocycles. The predicted molar refractivity (Wildman–Crippen MR) is 62.0 cm³/mol. The third-order valence-electron chi connectivity index (χ3n) is 2.33. The molecule has 0 unspecified atom stereocenters. The SMILES string of the molecule is CC(C)n1nc(-c2cccc(C=O)c2)oc1=O. The summed E-state index contributed by atoms with van der Waals surface area (Å²) in [5.74, 6) is -0.265. The Hall–Kier alpha value is -2.17. The molecular formula is C12H12N2O3. The summed E-state index contributed by atoms with van der Waals surface area (Å²) in [7, 11) is 0. The lowest BCUT2D eigenvalue weighted by atomic mass is 10.1. The summed E-state index contributed by atoms with van der Waals surface area (Å²) in [4.78, 5) is 22.1. The monoisotopic (exact) mass is 232 g/mol. The number of nitrogens with zero attached hydrogens (tertiary/aromatic N) is 2. The number of benzene rings is 1. The summed E-state index contributed by atoms with van der Waals surface area (Å²) < 4.78 is 6.31. The van der Waals surface area contributed by atoms with Crippen molar-refractivity contribution in [1.82, 2.24) is 9.78 Å². The van der Waals surface area contributed by atoms with Gasteiger partial charge in [-0.05, 0) is 26.0 Å². The van der Waals surface area contributed by atoms with Crippen LogP contribution in [0.1, 0.15) is 30.2 Å². The fourth-order valence-electron chi connectivity index (χ4n) is 1.48. The first-order valence-corrected chi connectivity index (χ1v) is 5.27. The number of aldehydes is 1. The van der Waals surface area contributed by atoms with E-state index in [9.17, 15) is 9.59 Å². The lowest BCUT2D eigenvalue weighted by Gasteiger charge is -1.99. The lowest BCUT2D eigenvalue weighted by molar-refractivity contribution is 0.112. The zero-order valence-corrected chi connectivity index (χ0v) is 9.58. The molecule has 0 bridgehead atoms. The van der Waals surface area contributed by atoms with Gasteiger partial charge in [0.25, 0.3) is 0 Å². The second kappa shape index (κ2) is 4.37. The van der Waals surface area contributed by atoms with Crippen molar-refractivity contribution in [3.05, 3.63) is 40.4 Å². The van der Waals surface area contributed by atoms with Crippen molar-refractivity contribution in [3.63, 3.8) is 0 Å². The van der Waals surface area contributed by atoms with Crippen molar-refractivity contribution >= 4 is 6.29 Å². The Morgan fingerprint density at radius 1 is 1.41 bits per heavy atom. The quantitative estimate of drug-likeness (QED) is 0.758. The van der Waals surface area contributed by atoms with E-state index in [0.29, 0.717) is 11.1 Å². The zero-order valence-electron chi connectivity index (χ0n) is 9.58. The highest BCUT2D eigenvalue weighted by molar-refractivity contribution is 5.77. The van der Waals surface area contributed by atoms with Crippen LogP contribution in [0.15, 0.2) is 33.5 Å². The zero-order chi connectivity index (χ0) is 12.4. The Bertz CT molecular complexity index is 596. The van der Waals surface area contributed by atoms with Crippen LogP contribution in [-0.4, -0.2) is 16.1 Å². The van der Waals surface area contributed by atoms with Gasteiger partial charge in [-0.2, -0.15) is 4.68 Å². The van der Waals surface area contributed by atoms with Crippen LogP contribution in [0.25, 0.3) is 11.5 Å². The van der Waals surface area contributed by atoms with E-state index in [0.717, 1.165) is 6.29 Å². The normalized spacial score (nSPS) is 10.8. The molecule has 0 fully saturated rings. The third-order valence-corrected chi connectivity index (χ3v) is 2.33.